The molecule has 150 valence electrons. The van der Waals surface area contributed by atoms with Crippen LogP contribution in [0.4, 0.5) is 5.82 Å². The number of phosphoric acid groups is 2. The van der Waals surface area contributed by atoms with E-state index in [9.17, 15) is 34.0 Å². The average Bonchev–Trinajstić information content (AvgIpc) is 3.07. The molecule has 20 heteroatoms. The first kappa shape index (κ1) is 30.3. The third-order valence-electron chi connectivity index (χ3n) is 3.60. The number of fused-ring (bicyclic) bond motifs is 1. The van der Waals surface area contributed by atoms with Crippen LogP contribution in [0, 0.1) is 0 Å². The number of hydrogen-bond donors (Lipinski definition) is 3. The number of aliphatic hydroxyl groups excluding tert-OH is 2. The van der Waals surface area contributed by atoms with E-state index < -0.39 is 46.8 Å². The zero-order valence-corrected chi connectivity index (χ0v) is 17.9. The number of anilines is 1. The molecule has 3 rings (SSSR count). The molecule has 1 fully saturated rings. The van der Waals surface area contributed by atoms with E-state index in [0.717, 1.165) is 6.33 Å². The number of phosphoric ester groups is 1. The van der Waals surface area contributed by atoms with Crippen LogP contribution in [0.1, 0.15) is 6.23 Å². The van der Waals surface area contributed by atoms with Crippen molar-refractivity contribution in [3.63, 3.8) is 0 Å². The minimum atomic E-state index is -5.85. The zero-order valence-electron chi connectivity index (χ0n) is 16.1. The van der Waals surface area contributed by atoms with E-state index in [1.54, 1.807) is 0 Å². The maximum absolute atomic E-state index is 11.3. The molecular weight excluding hydrogens is 433 g/mol. The number of aromatic nitrogens is 4. The maximum Gasteiger partial charge on any atom is 1.00 e. The number of rotatable bonds is 6. The van der Waals surface area contributed by atoms with Gasteiger partial charge < -0.3 is 44.5 Å². The first-order chi connectivity index (χ1) is 12.5. The summed E-state index contributed by atoms with van der Waals surface area (Å²) in [6.07, 6.45) is -3.48. The molecule has 3 heterocycles. The Kier molecular flexibility index (Phi) is 11.5. The summed E-state index contributed by atoms with van der Waals surface area (Å²) in [5, 5.41) is 20.2. The molecule has 2 aromatic heterocycles. The van der Waals surface area contributed by atoms with Crippen LogP contribution in [-0.4, -0.2) is 54.7 Å². The molecule has 0 bridgehead atoms. The first-order valence-electron chi connectivity index (χ1n) is 7.12. The summed E-state index contributed by atoms with van der Waals surface area (Å²) in [6, 6.07) is 0. The van der Waals surface area contributed by atoms with Gasteiger partial charge in [0, 0.05) is 0 Å². The van der Waals surface area contributed by atoms with Crippen molar-refractivity contribution in [1.29, 1.82) is 0 Å². The zero-order chi connectivity index (χ0) is 20.0. The molecule has 15 nitrogen and oxygen atoms in total. The largest absolute Gasteiger partial charge is 1.00 e. The average molecular weight is 445 g/mol. The van der Waals surface area contributed by atoms with E-state index in [4.69, 9.17) is 10.5 Å². The molecular formula is C10H12Li3N5O10P2. The Bertz CT molecular complexity index is 946. The van der Waals surface area contributed by atoms with Gasteiger partial charge in [-0.25, -0.2) is 15.0 Å². The Hall–Kier alpha value is 0.282. The van der Waals surface area contributed by atoms with Crippen LogP contribution < -0.4 is 77.0 Å². The van der Waals surface area contributed by atoms with Gasteiger partial charge in [0.15, 0.2) is 17.7 Å². The number of imidazole rings is 1. The van der Waals surface area contributed by atoms with E-state index in [-0.39, 0.29) is 73.6 Å². The van der Waals surface area contributed by atoms with Crippen LogP contribution in [-0.2, 0) is 22.7 Å². The predicted octanol–water partition coefficient (Wildman–Crippen LogP) is -12.6. The van der Waals surface area contributed by atoms with Gasteiger partial charge in [-0.15, -0.1) is 0 Å². The number of nitrogen functional groups attached to an aromatic ring is 1. The van der Waals surface area contributed by atoms with Crippen molar-refractivity contribution in [3.8, 4) is 0 Å². The minimum absolute atomic E-state index is 0. The van der Waals surface area contributed by atoms with E-state index in [1.165, 1.54) is 10.9 Å². The number of ether oxygens (including phenoxy) is 1. The van der Waals surface area contributed by atoms with Gasteiger partial charge in [0.05, 0.1) is 20.8 Å². The smallest absolute Gasteiger partial charge is 0.790 e. The van der Waals surface area contributed by atoms with Crippen LogP contribution in [0.5, 0.6) is 0 Å². The van der Waals surface area contributed by atoms with Crippen LogP contribution in [0.2, 0.25) is 0 Å². The summed E-state index contributed by atoms with van der Waals surface area (Å²) in [7, 11) is -11.4. The molecule has 2 aromatic rings. The second-order valence-electron chi connectivity index (χ2n) is 5.40. The second-order valence-corrected chi connectivity index (χ2v) is 8.10. The number of aliphatic hydroxyl groups is 2. The Labute approximate surface area is 205 Å². The van der Waals surface area contributed by atoms with Crippen molar-refractivity contribution in [2.24, 2.45) is 0 Å². The van der Waals surface area contributed by atoms with Gasteiger partial charge in [-0.1, -0.05) is 0 Å². The van der Waals surface area contributed by atoms with Crippen LogP contribution >= 0.6 is 15.6 Å². The fraction of sp³-hybridized carbons (Fsp3) is 0.500. The fourth-order valence-corrected chi connectivity index (χ4v) is 3.96. The molecule has 4 N–H and O–H groups in total. The molecule has 0 saturated carbocycles. The van der Waals surface area contributed by atoms with Crippen molar-refractivity contribution in [2.75, 3.05) is 12.3 Å². The van der Waals surface area contributed by atoms with Gasteiger partial charge >= 0.3 is 56.6 Å². The summed E-state index contributed by atoms with van der Waals surface area (Å²) in [5.41, 5.74) is 6.04. The molecule has 0 aliphatic carbocycles. The van der Waals surface area contributed by atoms with Gasteiger partial charge in [0.1, 0.15) is 30.2 Å². The molecule has 0 spiro atoms. The quantitative estimate of drug-likeness (QED) is 0.276. The molecule has 1 aliphatic heterocycles. The Morgan fingerprint density at radius 1 is 1.13 bits per heavy atom. The van der Waals surface area contributed by atoms with Crippen LogP contribution in [0.15, 0.2) is 12.7 Å². The van der Waals surface area contributed by atoms with Crippen molar-refractivity contribution < 1.29 is 104 Å². The van der Waals surface area contributed by atoms with Crippen molar-refractivity contribution in [3.05, 3.63) is 12.7 Å². The molecule has 1 aliphatic rings. The minimum Gasteiger partial charge on any atom is -0.790 e. The summed E-state index contributed by atoms with van der Waals surface area (Å²) >= 11 is 0. The standard InChI is InChI=1S/C10H15N5O10P2.3Li/c11-8-5-9(13-2-12-8)15(3-14-5)10-7(17)6(16)4(24-10)1-23-27(21,22)25-26(18,19)20;;;/h2-4,6-7,10,16-17H,1H2,(H,21,22)(H2,11,12,13)(H2,18,19,20);;;/q;3*+1/p-3/t4-,6-,7-,10-;;;/m1.../s1. The van der Waals surface area contributed by atoms with Gasteiger partial charge in [0.2, 0.25) is 0 Å². The second kappa shape index (κ2) is 11.4. The Balaban J connectivity index is 0.00000280. The van der Waals surface area contributed by atoms with Crippen molar-refractivity contribution in [2.45, 2.75) is 24.5 Å². The predicted molar refractivity (Wildman–Crippen MR) is 77.9 cm³/mol. The molecule has 0 radical (unpaired) electrons. The topological polar surface area (TPSA) is 241 Å². The van der Waals surface area contributed by atoms with E-state index >= 15 is 0 Å². The normalized spacial score (nSPS) is 25.6. The molecule has 30 heavy (non-hydrogen) atoms. The third-order valence-corrected chi connectivity index (χ3v) is 5.66. The Morgan fingerprint density at radius 2 is 1.77 bits per heavy atom. The first-order valence-corrected chi connectivity index (χ1v) is 10.0. The van der Waals surface area contributed by atoms with Crippen LogP contribution in [0.3, 0.4) is 0 Å². The van der Waals surface area contributed by atoms with Gasteiger partial charge in [0.25, 0.3) is 7.82 Å². The monoisotopic (exact) mass is 445 g/mol. The summed E-state index contributed by atoms with van der Waals surface area (Å²) in [5.74, 6) is 0.0655. The number of nitrogens with zero attached hydrogens (tertiary/aromatic N) is 4. The summed E-state index contributed by atoms with van der Waals surface area (Å²) < 4.78 is 35.7. The third kappa shape index (κ3) is 6.89. The van der Waals surface area contributed by atoms with Gasteiger partial charge in [-0.05, 0) is 0 Å². The SMILES string of the molecule is Nc1ncnc2c1ncn2[C@@H]1O[C@H](COP(=O)([O-])OP(=O)([O-])[O-])[C@@H](O)[C@H]1O.[Li+].[Li+].[Li+]. The van der Waals surface area contributed by atoms with E-state index in [0.29, 0.717) is 0 Å². The molecule has 0 amide bonds. The summed E-state index contributed by atoms with van der Waals surface area (Å²) in [4.78, 5) is 43.7. The number of hydrogen-bond acceptors (Lipinski definition) is 14. The molecule has 5 atom stereocenters. The molecule has 1 saturated heterocycles. The molecule has 1 unspecified atom stereocenters. The number of nitrogens with two attached hydrogens (primary N) is 1. The van der Waals surface area contributed by atoms with Gasteiger partial charge in [-0.3, -0.25) is 13.4 Å². The Morgan fingerprint density at radius 3 is 2.37 bits per heavy atom. The van der Waals surface area contributed by atoms with Crippen LogP contribution in [0.25, 0.3) is 11.2 Å². The van der Waals surface area contributed by atoms with E-state index in [2.05, 4.69) is 23.8 Å². The van der Waals surface area contributed by atoms with Crippen molar-refractivity contribution >= 4 is 32.6 Å². The van der Waals surface area contributed by atoms with E-state index in [1.807, 2.05) is 0 Å². The van der Waals surface area contributed by atoms with Gasteiger partial charge in [-0.2, -0.15) is 0 Å². The maximum atomic E-state index is 11.3. The molecule has 0 aromatic carbocycles. The summed E-state index contributed by atoms with van der Waals surface area (Å²) in [6.45, 7) is -0.931. The fourth-order valence-electron chi connectivity index (χ4n) is 2.46. The van der Waals surface area contributed by atoms with Crippen molar-refractivity contribution in [1.82, 2.24) is 19.5 Å².